The van der Waals surface area contributed by atoms with E-state index in [0.717, 1.165) is 48.4 Å². The number of benzene rings is 1. The number of hydrogen-bond acceptors (Lipinski definition) is 2. The van der Waals surface area contributed by atoms with E-state index in [1.165, 1.54) is 0 Å². The van der Waals surface area contributed by atoms with Gasteiger partial charge < -0.3 is 4.90 Å². The summed E-state index contributed by atoms with van der Waals surface area (Å²) in [5.41, 5.74) is 2.24. The molecule has 5 heteroatoms. The molecular weight excluding hydrogens is 310 g/mol. The fourth-order valence-electron chi connectivity index (χ4n) is 3.29. The van der Waals surface area contributed by atoms with Crippen LogP contribution in [0.3, 0.4) is 0 Å². The zero-order valence-corrected chi connectivity index (χ0v) is 14.2. The average molecular weight is 332 g/mol. The van der Waals surface area contributed by atoms with Crippen molar-refractivity contribution < 1.29 is 4.79 Å². The summed E-state index contributed by atoms with van der Waals surface area (Å²) in [4.78, 5) is 14.6. The summed E-state index contributed by atoms with van der Waals surface area (Å²) in [7, 11) is 1.89. The highest BCUT2D eigenvalue weighted by molar-refractivity contribution is 6.31. The molecule has 0 spiro atoms. The Kier molecular flexibility index (Phi) is 5.01. The summed E-state index contributed by atoms with van der Waals surface area (Å²) < 4.78 is 1.77. The van der Waals surface area contributed by atoms with Crippen LogP contribution in [0.5, 0.6) is 0 Å². The van der Waals surface area contributed by atoms with E-state index in [9.17, 15) is 4.79 Å². The molecule has 0 N–H and O–H groups in total. The second-order valence-corrected chi connectivity index (χ2v) is 6.61. The van der Waals surface area contributed by atoms with Gasteiger partial charge in [-0.25, -0.2) is 0 Å². The Morgan fingerprint density at radius 1 is 1.39 bits per heavy atom. The van der Waals surface area contributed by atoms with Crippen molar-refractivity contribution in [3.8, 4) is 0 Å². The lowest BCUT2D eigenvalue weighted by Gasteiger charge is -2.25. The monoisotopic (exact) mass is 331 g/mol. The number of carbonyl (C=O) groups is 1. The third-order valence-corrected chi connectivity index (χ3v) is 4.87. The van der Waals surface area contributed by atoms with E-state index in [0.29, 0.717) is 6.42 Å². The first-order valence-corrected chi connectivity index (χ1v) is 8.51. The first-order chi connectivity index (χ1) is 11.1. The number of rotatable bonds is 5. The van der Waals surface area contributed by atoms with Crippen LogP contribution in [-0.4, -0.2) is 33.2 Å². The van der Waals surface area contributed by atoms with Crippen molar-refractivity contribution in [3.05, 3.63) is 52.8 Å². The molecule has 0 radical (unpaired) electrons. The van der Waals surface area contributed by atoms with E-state index in [1.54, 1.807) is 4.68 Å². The van der Waals surface area contributed by atoms with Gasteiger partial charge in [0.2, 0.25) is 5.91 Å². The summed E-state index contributed by atoms with van der Waals surface area (Å²) in [5, 5.41) is 4.94. The van der Waals surface area contributed by atoms with Crippen LogP contribution in [0.4, 0.5) is 0 Å². The van der Waals surface area contributed by atoms with Crippen LogP contribution < -0.4 is 0 Å². The fourth-order valence-corrected chi connectivity index (χ4v) is 3.50. The Bertz CT molecular complexity index is 682. The molecule has 122 valence electrons. The van der Waals surface area contributed by atoms with Gasteiger partial charge >= 0.3 is 0 Å². The summed E-state index contributed by atoms with van der Waals surface area (Å²) in [5.74, 6) is 0.239. The minimum atomic E-state index is 0.239. The third kappa shape index (κ3) is 3.94. The molecule has 1 aromatic carbocycles. The standard InChI is InChI=1S/C18H22ClN3O/c1-21-13-14(12-20-21)8-9-18(23)22-10-4-6-16(22)11-15-5-2-3-7-17(15)19/h2-3,5,7,12-13,16H,4,6,8-11H2,1H3. The molecule has 2 heterocycles. The van der Waals surface area contributed by atoms with Gasteiger partial charge in [-0.1, -0.05) is 29.8 Å². The van der Waals surface area contributed by atoms with E-state index in [2.05, 4.69) is 11.2 Å². The van der Waals surface area contributed by atoms with Gasteiger partial charge in [0.25, 0.3) is 0 Å². The van der Waals surface area contributed by atoms with E-state index < -0.39 is 0 Å². The number of hydrogen-bond donors (Lipinski definition) is 0. The highest BCUT2D eigenvalue weighted by atomic mass is 35.5. The summed E-state index contributed by atoms with van der Waals surface area (Å²) in [6.07, 6.45) is 8.08. The highest BCUT2D eigenvalue weighted by Crippen LogP contribution is 2.25. The largest absolute Gasteiger partial charge is 0.339 e. The van der Waals surface area contributed by atoms with Crippen molar-refractivity contribution >= 4 is 17.5 Å². The van der Waals surface area contributed by atoms with Gasteiger partial charge in [-0.05, 0) is 42.9 Å². The Morgan fingerprint density at radius 3 is 2.96 bits per heavy atom. The maximum Gasteiger partial charge on any atom is 0.223 e. The van der Waals surface area contributed by atoms with Gasteiger partial charge in [-0.15, -0.1) is 0 Å². The number of nitrogens with zero attached hydrogens (tertiary/aromatic N) is 3. The lowest BCUT2D eigenvalue weighted by Crippen LogP contribution is -2.37. The molecule has 23 heavy (non-hydrogen) atoms. The minimum absolute atomic E-state index is 0.239. The first-order valence-electron chi connectivity index (χ1n) is 8.14. The molecule has 0 bridgehead atoms. The smallest absolute Gasteiger partial charge is 0.223 e. The Hall–Kier alpha value is -1.81. The second-order valence-electron chi connectivity index (χ2n) is 6.20. The SMILES string of the molecule is Cn1cc(CCC(=O)N2CCCC2Cc2ccccc2Cl)cn1. The topological polar surface area (TPSA) is 38.1 Å². The molecule has 1 aliphatic heterocycles. The molecule has 3 rings (SSSR count). The normalized spacial score (nSPS) is 17.7. The lowest BCUT2D eigenvalue weighted by molar-refractivity contribution is -0.131. The van der Waals surface area contributed by atoms with Crippen LogP contribution in [-0.2, 0) is 24.7 Å². The van der Waals surface area contributed by atoms with E-state index in [1.807, 2.05) is 42.5 Å². The van der Waals surface area contributed by atoms with Crippen molar-refractivity contribution in [2.24, 2.45) is 7.05 Å². The number of amides is 1. The van der Waals surface area contributed by atoms with Crippen LogP contribution >= 0.6 is 11.6 Å². The van der Waals surface area contributed by atoms with E-state index >= 15 is 0 Å². The number of likely N-dealkylation sites (tertiary alicyclic amines) is 1. The predicted molar refractivity (Wildman–Crippen MR) is 91.4 cm³/mol. The molecule has 0 aliphatic carbocycles. The van der Waals surface area contributed by atoms with Crippen molar-refractivity contribution in [1.82, 2.24) is 14.7 Å². The lowest BCUT2D eigenvalue weighted by atomic mass is 10.0. The van der Waals surface area contributed by atoms with Crippen LogP contribution in [0.15, 0.2) is 36.7 Å². The van der Waals surface area contributed by atoms with Crippen molar-refractivity contribution in [1.29, 1.82) is 0 Å². The first kappa shape index (κ1) is 16.1. The molecule has 1 aliphatic rings. The number of halogens is 1. The average Bonchev–Trinajstić information content (AvgIpc) is 3.16. The molecule has 1 saturated heterocycles. The van der Waals surface area contributed by atoms with Crippen LogP contribution in [0.2, 0.25) is 5.02 Å². The van der Waals surface area contributed by atoms with Gasteiger partial charge in [-0.3, -0.25) is 9.48 Å². The quantitative estimate of drug-likeness (QED) is 0.843. The highest BCUT2D eigenvalue weighted by Gasteiger charge is 2.28. The molecule has 2 aromatic rings. The van der Waals surface area contributed by atoms with Crippen molar-refractivity contribution in [2.75, 3.05) is 6.54 Å². The van der Waals surface area contributed by atoms with Gasteiger partial charge in [0, 0.05) is 37.3 Å². The van der Waals surface area contributed by atoms with E-state index in [4.69, 9.17) is 11.6 Å². The fraction of sp³-hybridized carbons (Fsp3) is 0.444. The van der Waals surface area contributed by atoms with E-state index in [-0.39, 0.29) is 11.9 Å². The number of carbonyl (C=O) groups excluding carboxylic acids is 1. The van der Waals surface area contributed by atoms with Gasteiger partial charge in [0.1, 0.15) is 0 Å². The summed E-state index contributed by atoms with van der Waals surface area (Å²) >= 11 is 6.26. The van der Waals surface area contributed by atoms with Crippen LogP contribution in [0.1, 0.15) is 30.4 Å². The van der Waals surface area contributed by atoms with Crippen molar-refractivity contribution in [3.63, 3.8) is 0 Å². The molecule has 1 aromatic heterocycles. The maximum atomic E-state index is 12.6. The van der Waals surface area contributed by atoms with Crippen LogP contribution in [0, 0.1) is 0 Å². The van der Waals surface area contributed by atoms with Gasteiger partial charge in [0.15, 0.2) is 0 Å². The predicted octanol–water partition coefficient (Wildman–Crippen LogP) is 3.24. The summed E-state index contributed by atoms with van der Waals surface area (Å²) in [6, 6.07) is 8.19. The number of aromatic nitrogens is 2. The minimum Gasteiger partial charge on any atom is -0.339 e. The van der Waals surface area contributed by atoms with Crippen LogP contribution in [0.25, 0.3) is 0 Å². The maximum absolute atomic E-state index is 12.6. The molecule has 1 atom stereocenters. The zero-order valence-electron chi connectivity index (χ0n) is 13.4. The molecule has 1 amide bonds. The Balaban J connectivity index is 1.59. The second kappa shape index (κ2) is 7.18. The zero-order chi connectivity index (χ0) is 16.2. The number of aryl methyl sites for hydroxylation is 2. The molecule has 1 unspecified atom stereocenters. The molecular formula is C18H22ClN3O. The molecule has 0 saturated carbocycles. The summed E-state index contributed by atoms with van der Waals surface area (Å²) in [6.45, 7) is 0.862. The van der Waals surface area contributed by atoms with Gasteiger partial charge in [-0.2, -0.15) is 5.10 Å². The Labute approximate surface area is 142 Å². The Morgan fingerprint density at radius 2 is 2.22 bits per heavy atom. The third-order valence-electron chi connectivity index (χ3n) is 4.50. The molecule has 1 fully saturated rings. The van der Waals surface area contributed by atoms with Crippen molar-refractivity contribution in [2.45, 2.75) is 38.1 Å². The molecule has 4 nitrogen and oxygen atoms in total. The van der Waals surface area contributed by atoms with Gasteiger partial charge in [0.05, 0.1) is 6.20 Å².